The highest BCUT2D eigenvalue weighted by atomic mass is 14.9. The zero-order valence-electron chi connectivity index (χ0n) is 9.68. The maximum atomic E-state index is 4.18. The van der Waals surface area contributed by atoms with Gasteiger partial charge in [0.1, 0.15) is 0 Å². The Morgan fingerprint density at radius 3 is 3.00 bits per heavy atom. The maximum absolute atomic E-state index is 4.18. The Morgan fingerprint density at radius 1 is 1.40 bits per heavy atom. The number of rotatable bonds is 3. The first-order valence-electron chi connectivity index (χ1n) is 6.15. The standard InChI is InChI=1S/C14H21N/c1-3-10-15-14-9-8-11(2)12-6-4-5-7-13(12)14/h6-7,14-15H,2-5,8-10H2,1H3/t14-/m1/s1. The molecule has 1 heteroatoms. The minimum atomic E-state index is 0.585. The van der Waals surface area contributed by atoms with Crippen LogP contribution in [0.5, 0.6) is 0 Å². The summed E-state index contributed by atoms with van der Waals surface area (Å²) in [4.78, 5) is 0. The van der Waals surface area contributed by atoms with E-state index in [1.165, 1.54) is 42.4 Å². The molecule has 0 aromatic rings. The molecule has 2 aliphatic carbocycles. The van der Waals surface area contributed by atoms with E-state index in [1.54, 1.807) is 0 Å². The number of allylic oxidation sites excluding steroid dienone is 3. The molecule has 82 valence electrons. The van der Waals surface area contributed by atoms with Gasteiger partial charge in [0.05, 0.1) is 0 Å². The molecule has 1 fully saturated rings. The topological polar surface area (TPSA) is 12.0 Å². The highest BCUT2D eigenvalue weighted by molar-refractivity contribution is 5.51. The van der Waals surface area contributed by atoms with Crippen LogP contribution in [-0.2, 0) is 0 Å². The van der Waals surface area contributed by atoms with Crippen molar-refractivity contribution in [1.82, 2.24) is 5.32 Å². The van der Waals surface area contributed by atoms with E-state index in [0.717, 1.165) is 13.0 Å². The second kappa shape index (κ2) is 4.80. The van der Waals surface area contributed by atoms with Crippen LogP contribution in [0.4, 0.5) is 0 Å². The first-order chi connectivity index (χ1) is 7.33. The quantitative estimate of drug-likeness (QED) is 0.741. The van der Waals surface area contributed by atoms with Crippen LogP contribution in [0.3, 0.4) is 0 Å². The van der Waals surface area contributed by atoms with Crippen molar-refractivity contribution in [2.45, 2.75) is 45.1 Å². The van der Waals surface area contributed by atoms with Gasteiger partial charge < -0.3 is 5.32 Å². The predicted molar refractivity (Wildman–Crippen MR) is 65.9 cm³/mol. The summed E-state index contributed by atoms with van der Waals surface area (Å²) in [5, 5.41) is 3.64. The van der Waals surface area contributed by atoms with Gasteiger partial charge in [0, 0.05) is 6.04 Å². The van der Waals surface area contributed by atoms with Crippen LogP contribution >= 0.6 is 0 Å². The molecule has 0 bridgehead atoms. The average molecular weight is 203 g/mol. The molecule has 0 radical (unpaired) electrons. The van der Waals surface area contributed by atoms with Crippen molar-refractivity contribution in [2.24, 2.45) is 0 Å². The molecule has 1 nitrogen and oxygen atoms in total. The van der Waals surface area contributed by atoms with Crippen molar-refractivity contribution >= 4 is 0 Å². The van der Waals surface area contributed by atoms with Crippen LogP contribution in [-0.4, -0.2) is 12.6 Å². The van der Waals surface area contributed by atoms with Gasteiger partial charge in [-0.2, -0.15) is 0 Å². The summed E-state index contributed by atoms with van der Waals surface area (Å²) in [6, 6.07) is 0.585. The lowest BCUT2D eigenvalue weighted by Gasteiger charge is -2.32. The fourth-order valence-electron chi connectivity index (χ4n) is 2.51. The van der Waals surface area contributed by atoms with Gasteiger partial charge in [0.2, 0.25) is 0 Å². The van der Waals surface area contributed by atoms with Crippen LogP contribution in [0.1, 0.15) is 39.0 Å². The second-order valence-corrected chi connectivity index (χ2v) is 4.50. The fourth-order valence-corrected chi connectivity index (χ4v) is 2.51. The number of hydrogen-bond donors (Lipinski definition) is 1. The van der Waals surface area contributed by atoms with Gasteiger partial charge in [0.25, 0.3) is 0 Å². The Morgan fingerprint density at radius 2 is 2.20 bits per heavy atom. The van der Waals surface area contributed by atoms with Gasteiger partial charge >= 0.3 is 0 Å². The average Bonchev–Trinajstić information content (AvgIpc) is 2.29. The summed E-state index contributed by atoms with van der Waals surface area (Å²) in [6.07, 6.45) is 10.8. The van der Waals surface area contributed by atoms with Crippen LogP contribution in [0.25, 0.3) is 0 Å². The van der Waals surface area contributed by atoms with E-state index in [-0.39, 0.29) is 0 Å². The third kappa shape index (κ3) is 2.23. The zero-order chi connectivity index (χ0) is 10.7. The van der Waals surface area contributed by atoms with Crippen LogP contribution < -0.4 is 5.32 Å². The normalized spacial score (nSPS) is 25.7. The Labute approximate surface area is 93.0 Å². The van der Waals surface area contributed by atoms with Gasteiger partial charge in [-0.3, -0.25) is 0 Å². The first kappa shape index (κ1) is 10.7. The molecule has 0 aromatic carbocycles. The van der Waals surface area contributed by atoms with Crippen LogP contribution in [0.15, 0.2) is 35.5 Å². The van der Waals surface area contributed by atoms with Crippen molar-refractivity contribution in [2.75, 3.05) is 6.54 Å². The molecule has 1 N–H and O–H groups in total. The zero-order valence-corrected chi connectivity index (χ0v) is 9.68. The molecular formula is C14H21N. The van der Waals surface area contributed by atoms with E-state index in [2.05, 4.69) is 31.0 Å². The molecule has 0 spiro atoms. The lowest BCUT2D eigenvalue weighted by atomic mass is 9.79. The van der Waals surface area contributed by atoms with Gasteiger partial charge in [-0.1, -0.05) is 25.7 Å². The van der Waals surface area contributed by atoms with Gasteiger partial charge in [-0.25, -0.2) is 0 Å². The summed E-state index contributed by atoms with van der Waals surface area (Å²) < 4.78 is 0. The largest absolute Gasteiger partial charge is 0.310 e. The monoisotopic (exact) mass is 203 g/mol. The first-order valence-corrected chi connectivity index (χ1v) is 6.15. The maximum Gasteiger partial charge on any atom is 0.0326 e. The summed E-state index contributed by atoms with van der Waals surface area (Å²) in [5.74, 6) is 0. The van der Waals surface area contributed by atoms with Crippen LogP contribution in [0, 0.1) is 0 Å². The highest BCUT2D eigenvalue weighted by Gasteiger charge is 2.25. The number of hydrogen-bond acceptors (Lipinski definition) is 1. The molecule has 0 amide bonds. The molecule has 1 atom stereocenters. The lowest BCUT2D eigenvalue weighted by Crippen LogP contribution is -2.35. The molecule has 2 aliphatic rings. The van der Waals surface area contributed by atoms with Gasteiger partial charge in [-0.05, 0) is 55.4 Å². The van der Waals surface area contributed by atoms with Crippen molar-refractivity contribution in [3.63, 3.8) is 0 Å². The minimum absolute atomic E-state index is 0.585. The van der Waals surface area contributed by atoms with E-state index < -0.39 is 0 Å². The number of fused-ring (bicyclic) bond motifs is 1. The smallest absolute Gasteiger partial charge is 0.0326 e. The Kier molecular flexibility index (Phi) is 3.42. The van der Waals surface area contributed by atoms with Crippen molar-refractivity contribution < 1.29 is 0 Å². The Bertz CT molecular complexity index is 309. The van der Waals surface area contributed by atoms with Gasteiger partial charge in [-0.15, -0.1) is 0 Å². The van der Waals surface area contributed by atoms with E-state index in [4.69, 9.17) is 0 Å². The molecule has 0 saturated heterocycles. The molecule has 1 saturated carbocycles. The SMILES string of the molecule is C=C1CC[C@@H](NCCC)C2=CCCC=C12. The van der Waals surface area contributed by atoms with Gasteiger partial charge in [0.15, 0.2) is 0 Å². The Hall–Kier alpha value is -0.820. The summed E-state index contributed by atoms with van der Waals surface area (Å²) >= 11 is 0. The fraction of sp³-hybridized carbons (Fsp3) is 0.571. The molecular weight excluding hydrogens is 182 g/mol. The third-order valence-electron chi connectivity index (χ3n) is 3.32. The van der Waals surface area contributed by atoms with E-state index in [9.17, 15) is 0 Å². The summed E-state index contributed by atoms with van der Waals surface area (Å²) in [5.41, 5.74) is 4.31. The molecule has 15 heavy (non-hydrogen) atoms. The third-order valence-corrected chi connectivity index (χ3v) is 3.32. The molecule has 2 rings (SSSR count). The van der Waals surface area contributed by atoms with Crippen molar-refractivity contribution in [3.05, 3.63) is 35.5 Å². The second-order valence-electron chi connectivity index (χ2n) is 4.50. The molecule has 0 aromatic heterocycles. The minimum Gasteiger partial charge on any atom is -0.310 e. The Balaban J connectivity index is 2.12. The van der Waals surface area contributed by atoms with E-state index in [1.807, 2.05) is 0 Å². The number of nitrogens with one attached hydrogen (secondary N) is 1. The van der Waals surface area contributed by atoms with E-state index in [0.29, 0.717) is 6.04 Å². The predicted octanol–water partition coefficient (Wildman–Crippen LogP) is 3.35. The van der Waals surface area contributed by atoms with Crippen molar-refractivity contribution in [3.8, 4) is 0 Å². The van der Waals surface area contributed by atoms with Crippen LogP contribution in [0.2, 0.25) is 0 Å². The summed E-state index contributed by atoms with van der Waals surface area (Å²) in [6.45, 7) is 7.53. The van der Waals surface area contributed by atoms with Crippen molar-refractivity contribution in [1.29, 1.82) is 0 Å². The highest BCUT2D eigenvalue weighted by Crippen LogP contribution is 2.35. The lowest BCUT2D eigenvalue weighted by molar-refractivity contribution is 0.517. The molecule has 0 aliphatic heterocycles. The summed E-state index contributed by atoms with van der Waals surface area (Å²) in [7, 11) is 0. The molecule has 0 unspecified atom stereocenters. The molecule has 0 heterocycles. The van der Waals surface area contributed by atoms with E-state index >= 15 is 0 Å².